The number of carbonyl (C=O) groups is 2. The van der Waals surface area contributed by atoms with Gasteiger partial charge >= 0.3 is 12.0 Å². The van der Waals surface area contributed by atoms with Gasteiger partial charge in [-0.15, -0.1) is 0 Å². The highest BCUT2D eigenvalue weighted by molar-refractivity contribution is 5.95. The minimum atomic E-state index is -1.01. The molecule has 0 aliphatic carbocycles. The zero-order chi connectivity index (χ0) is 13.8. The van der Waals surface area contributed by atoms with Gasteiger partial charge in [0.05, 0.1) is 0 Å². The molecule has 0 spiro atoms. The summed E-state index contributed by atoms with van der Waals surface area (Å²) in [6.07, 6.45) is 3.24. The second-order valence-corrected chi connectivity index (χ2v) is 4.23. The molecule has 1 N–H and O–H groups in total. The molecular weight excluding hydrogens is 244 g/mol. The van der Waals surface area contributed by atoms with Gasteiger partial charge in [0, 0.05) is 18.8 Å². The molecule has 2 amide bonds. The first kappa shape index (κ1) is 13.1. The van der Waals surface area contributed by atoms with Gasteiger partial charge in [-0.1, -0.05) is 30.4 Å². The molecule has 0 saturated carbocycles. The molecule has 1 atom stereocenters. The van der Waals surface area contributed by atoms with E-state index in [1.807, 2.05) is 37.3 Å². The Kier molecular flexibility index (Phi) is 3.85. The molecule has 1 unspecified atom stereocenters. The molecule has 0 saturated heterocycles. The zero-order valence-electron chi connectivity index (χ0n) is 10.7. The number of amides is 2. The highest BCUT2D eigenvalue weighted by Gasteiger charge is 2.32. The Labute approximate surface area is 111 Å². The normalized spacial score (nSPS) is 17.5. The van der Waals surface area contributed by atoms with Crippen LogP contribution in [0, 0.1) is 0 Å². The predicted molar refractivity (Wildman–Crippen MR) is 72.1 cm³/mol. The molecule has 1 aromatic rings. The number of nitrogens with zero attached hydrogens (tertiary/aromatic N) is 2. The quantitative estimate of drug-likeness (QED) is 0.845. The number of rotatable bonds is 3. The molecule has 1 heterocycles. The number of aliphatic carboxylic acids is 1. The molecule has 0 aromatic heterocycles. The van der Waals surface area contributed by atoms with Crippen molar-refractivity contribution in [2.24, 2.45) is 0 Å². The first-order valence-electron chi connectivity index (χ1n) is 6.17. The van der Waals surface area contributed by atoms with Crippen molar-refractivity contribution in [2.45, 2.75) is 13.0 Å². The summed E-state index contributed by atoms with van der Waals surface area (Å²) in [5, 5.41) is 9.09. The van der Waals surface area contributed by atoms with E-state index in [2.05, 4.69) is 0 Å². The number of carboxylic acid groups (broad SMARTS) is 1. The SMILES string of the molecule is CCN(C(=O)N1CC=CC1C(=O)O)c1ccccc1. The molecular formula is C14H16N2O3. The lowest BCUT2D eigenvalue weighted by Crippen LogP contribution is -2.48. The number of carboxylic acids is 1. The average Bonchev–Trinajstić information content (AvgIpc) is 2.90. The fourth-order valence-corrected chi connectivity index (χ4v) is 2.12. The first-order chi connectivity index (χ1) is 9.15. The summed E-state index contributed by atoms with van der Waals surface area (Å²) in [7, 11) is 0. The van der Waals surface area contributed by atoms with E-state index in [0.717, 1.165) is 5.69 Å². The summed E-state index contributed by atoms with van der Waals surface area (Å²) < 4.78 is 0. The molecule has 0 radical (unpaired) electrons. The number of hydrogen-bond acceptors (Lipinski definition) is 2. The molecule has 1 aromatic carbocycles. The van der Waals surface area contributed by atoms with Crippen LogP contribution in [0.3, 0.4) is 0 Å². The summed E-state index contributed by atoms with van der Waals surface area (Å²) in [4.78, 5) is 26.5. The van der Waals surface area contributed by atoms with Crippen LogP contribution < -0.4 is 4.90 Å². The van der Waals surface area contributed by atoms with E-state index >= 15 is 0 Å². The third-order valence-electron chi connectivity index (χ3n) is 3.07. The van der Waals surface area contributed by atoms with Crippen LogP contribution in [-0.2, 0) is 4.79 Å². The maximum atomic E-state index is 12.4. The van der Waals surface area contributed by atoms with Crippen molar-refractivity contribution in [1.82, 2.24) is 4.90 Å². The maximum absolute atomic E-state index is 12.4. The summed E-state index contributed by atoms with van der Waals surface area (Å²) >= 11 is 0. The van der Waals surface area contributed by atoms with Gasteiger partial charge in [-0.2, -0.15) is 0 Å². The Morgan fingerprint density at radius 1 is 1.37 bits per heavy atom. The molecule has 0 fully saturated rings. The van der Waals surface area contributed by atoms with Crippen molar-refractivity contribution in [1.29, 1.82) is 0 Å². The smallest absolute Gasteiger partial charge is 0.330 e. The van der Waals surface area contributed by atoms with Gasteiger partial charge in [0.15, 0.2) is 0 Å². The van der Waals surface area contributed by atoms with Crippen molar-refractivity contribution in [3.8, 4) is 0 Å². The van der Waals surface area contributed by atoms with Gasteiger partial charge in [0.1, 0.15) is 6.04 Å². The lowest BCUT2D eigenvalue weighted by Gasteiger charge is -2.29. The second-order valence-electron chi connectivity index (χ2n) is 4.23. The number of para-hydroxylation sites is 1. The van der Waals surface area contributed by atoms with E-state index < -0.39 is 12.0 Å². The molecule has 100 valence electrons. The van der Waals surface area contributed by atoms with Gasteiger partial charge in [-0.25, -0.2) is 9.59 Å². The Bertz CT molecular complexity index is 499. The largest absolute Gasteiger partial charge is 0.479 e. The second kappa shape index (κ2) is 5.56. The minimum absolute atomic E-state index is 0.286. The van der Waals surface area contributed by atoms with Gasteiger partial charge in [0.25, 0.3) is 0 Å². The number of urea groups is 1. The lowest BCUT2D eigenvalue weighted by molar-refractivity contribution is -0.139. The number of carbonyl (C=O) groups excluding carboxylic acids is 1. The van der Waals surface area contributed by atoms with Crippen molar-refractivity contribution < 1.29 is 14.7 Å². The summed E-state index contributed by atoms with van der Waals surface area (Å²) in [6.45, 7) is 2.69. The first-order valence-corrected chi connectivity index (χ1v) is 6.17. The van der Waals surface area contributed by atoms with E-state index in [1.54, 1.807) is 17.1 Å². The van der Waals surface area contributed by atoms with Crippen molar-refractivity contribution in [3.05, 3.63) is 42.5 Å². The Hall–Kier alpha value is -2.30. The molecule has 1 aliphatic rings. The Morgan fingerprint density at radius 2 is 2.05 bits per heavy atom. The molecule has 19 heavy (non-hydrogen) atoms. The molecule has 1 aliphatic heterocycles. The predicted octanol–water partition coefficient (Wildman–Crippen LogP) is 1.96. The van der Waals surface area contributed by atoms with Crippen molar-refractivity contribution >= 4 is 17.7 Å². The van der Waals surface area contributed by atoms with Crippen LogP contribution in [-0.4, -0.2) is 41.1 Å². The monoisotopic (exact) mass is 260 g/mol. The standard InChI is InChI=1S/C14H16N2O3/c1-2-15(11-7-4-3-5-8-11)14(19)16-10-6-9-12(16)13(17)18/h3-9,12H,2,10H2,1H3,(H,17,18). The van der Waals surface area contributed by atoms with Gasteiger partial charge < -0.3 is 10.0 Å². The van der Waals surface area contributed by atoms with Crippen LogP contribution in [0.15, 0.2) is 42.5 Å². The van der Waals surface area contributed by atoms with Crippen molar-refractivity contribution in [2.75, 3.05) is 18.0 Å². The Morgan fingerprint density at radius 3 is 2.63 bits per heavy atom. The van der Waals surface area contributed by atoms with Crippen LogP contribution in [0.2, 0.25) is 0 Å². The van der Waals surface area contributed by atoms with Crippen LogP contribution >= 0.6 is 0 Å². The van der Waals surface area contributed by atoms with E-state index in [4.69, 9.17) is 5.11 Å². The summed E-state index contributed by atoms with van der Waals surface area (Å²) in [5.74, 6) is -1.01. The van der Waals surface area contributed by atoms with E-state index in [0.29, 0.717) is 13.1 Å². The molecule has 2 rings (SSSR count). The number of hydrogen-bond donors (Lipinski definition) is 1. The highest BCUT2D eigenvalue weighted by atomic mass is 16.4. The topological polar surface area (TPSA) is 60.9 Å². The fraction of sp³-hybridized carbons (Fsp3) is 0.286. The lowest BCUT2D eigenvalue weighted by atomic mass is 10.2. The van der Waals surface area contributed by atoms with Gasteiger partial charge in [-0.3, -0.25) is 4.90 Å². The van der Waals surface area contributed by atoms with Gasteiger partial charge in [-0.05, 0) is 19.1 Å². The fourth-order valence-electron chi connectivity index (χ4n) is 2.12. The molecule has 5 heteroatoms. The molecule has 0 bridgehead atoms. The van der Waals surface area contributed by atoms with E-state index in [9.17, 15) is 9.59 Å². The summed E-state index contributed by atoms with van der Waals surface area (Å²) in [6, 6.07) is 8.08. The Balaban J connectivity index is 2.20. The van der Waals surface area contributed by atoms with Crippen molar-refractivity contribution in [3.63, 3.8) is 0 Å². The molecule has 5 nitrogen and oxygen atoms in total. The minimum Gasteiger partial charge on any atom is -0.479 e. The van der Waals surface area contributed by atoms with Crippen LogP contribution in [0.1, 0.15) is 6.92 Å². The summed E-state index contributed by atoms with van der Waals surface area (Å²) in [5.41, 5.74) is 0.769. The average molecular weight is 260 g/mol. The number of benzene rings is 1. The third kappa shape index (κ3) is 2.59. The van der Waals surface area contributed by atoms with E-state index in [1.165, 1.54) is 4.90 Å². The highest BCUT2D eigenvalue weighted by Crippen LogP contribution is 2.19. The van der Waals surface area contributed by atoms with Gasteiger partial charge in [0.2, 0.25) is 0 Å². The maximum Gasteiger partial charge on any atom is 0.330 e. The van der Waals surface area contributed by atoms with Crippen LogP contribution in [0.5, 0.6) is 0 Å². The third-order valence-corrected chi connectivity index (χ3v) is 3.07. The number of anilines is 1. The van der Waals surface area contributed by atoms with E-state index in [-0.39, 0.29) is 6.03 Å². The van der Waals surface area contributed by atoms with Crippen LogP contribution in [0.25, 0.3) is 0 Å². The zero-order valence-corrected chi connectivity index (χ0v) is 10.7. The van der Waals surface area contributed by atoms with Crippen LogP contribution in [0.4, 0.5) is 10.5 Å².